The van der Waals surface area contributed by atoms with Gasteiger partial charge in [-0.05, 0) is 41.5 Å². The number of hydrogen-bond acceptors (Lipinski definition) is 4. The summed E-state index contributed by atoms with van der Waals surface area (Å²) in [5.74, 6) is 1.14. The van der Waals surface area contributed by atoms with E-state index in [9.17, 15) is 9.59 Å². The van der Waals surface area contributed by atoms with Crippen molar-refractivity contribution in [3.8, 4) is 11.5 Å². The number of hydrogen-bond donors (Lipinski definition) is 1. The molecule has 0 aromatic heterocycles. The van der Waals surface area contributed by atoms with Crippen molar-refractivity contribution in [2.24, 2.45) is 0 Å². The number of fused-ring (bicyclic) bond motifs is 1. The zero-order chi connectivity index (χ0) is 21.8. The highest BCUT2D eigenvalue weighted by atomic mass is 16.5. The van der Waals surface area contributed by atoms with E-state index in [0.717, 1.165) is 16.9 Å². The number of ether oxygens (including phenoxy) is 2. The third-order valence-corrected chi connectivity index (χ3v) is 5.46. The van der Waals surface area contributed by atoms with Crippen LogP contribution in [0.3, 0.4) is 0 Å². The zero-order valence-corrected chi connectivity index (χ0v) is 17.5. The number of anilines is 1. The molecule has 0 radical (unpaired) electrons. The highest BCUT2D eigenvalue weighted by Crippen LogP contribution is 2.34. The number of rotatable bonds is 7. The van der Waals surface area contributed by atoms with E-state index in [1.54, 1.807) is 31.3 Å². The Hall–Kier alpha value is -3.80. The number of amides is 2. The fourth-order valence-corrected chi connectivity index (χ4v) is 3.85. The predicted octanol–water partition coefficient (Wildman–Crippen LogP) is 4.43. The first-order valence-corrected chi connectivity index (χ1v) is 10.1. The van der Waals surface area contributed by atoms with Crippen LogP contribution in [0.5, 0.6) is 11.5 Å². The number of carbonyl (C=O) groups excluding carboxylic acids is 2. The Morgan fingerprint density at radius 3 is 2.42 bits per heavy atom. The van der Waals surface area contributed by atoms with Crippen LogP contribution in [0.15, 0.2) is 72.8 Å². The van der Waals surface area contributed by atoms with Crippen molar-refractivity contribution in [1.29, 1.82) is 0 Å². The Morgan fingerprint density at radius 1 is 0.968 bits per heavy atom. The van der Waals surface area contributed by atoms with Gasteiger partial charge in [-0.3, -0.25) is 9.59 Å². The van der Waals surface area contributed by atoms with Gasteiger partial charge in [-0.2, -0.15) is 0 Å². The van der Waals surface area contributed by atoms with Gasteiger partial charge in [0.2, 0.25) is 5.91 Å². The lowest BCUT2D eigenvalue weighted by atomic mass is 10.0. The molecular formula is C25H24N2O4. The molecule has 2 amide bonds. The lowest BCUT2D eigenvalue weighted by molar-refractivity contribution is -0.117. The van der Waals surface area contributed by atoms with Crippen LogP contribution in [-0.4, -0.2) is 30.9 Å². The molecule has 0 saturated heterocycles. The number of methoxy groups -OCH3 is 2. The van der Waals surface area contributed by atoms with E-state index in [1.165, 1.54) is 0 Å². The van der Waals surface area contributed by atoms with E-state index in [2.05, 4.69) is 5.32 Å². The van der Waals surface area contributed by atoms with Gasteiger partial charge in [-0.1, -0.05) is 36.4 Å². The van der Waals surface area contributed by atoms with Crippen LogP contribution >= 0.6 is 0 Å². The van der Waals surface area contributed by atoms with Gasteiger partial charge >= 0.3 is 0 Å². The second-order valence-corrected chi connectivity index (χ2v) is 7.36. The summed E-state index contributed by atoms with van der Waals surface area (Å²) in [4.78, 5) is 27.8. The minimum atomic E-state index is -0.406. The molecule has 3 aromatic rings. The first kappa shape index (κ1) is 20.5. The third kappa shape index (κ3) is 4.38. The van der Waals surface area contributed by atoms with Crippen LogP contribution in [-0.2, 0) is 11.3 Å². The quantitative estimate of drug-likeness (QED) is 0.619. The SMILES string of the molecule is COc1ccc(C(CC(=O)Nc2cccc(OC)c2)N2Cc3ccccc3C2=O)cc1. The highest BCUT2D eigenvalue weighted by molar-refractivity contribution is 5.99. The number of nitrogens with zero attached hydrogens (tertiary/aromatic N) is 1. The van der Waals surface area contributed by atoms with Gasteiger partial charge in [0.1, 0.15) is 11.5 Å². The van der Waals surface area contributed by atoms with Crippen molar-refractivity contribution in [2.45, 2.75) is 19.0 Å². The molecule has 6 nitrogen and oxygen atoms in total. The Kier molecular flexibility index (Phi) is 5.89. The molecule has 1 N–H and O–H groups in total. The van der Waals surface area contributed by atoms with E-state index >= 15 is 0 Å². The molecule has 0 bridgehead atoms. The minimum Gasteiger partial charge on any atom is -0.497 e. The molecule has 158 valence electrons. The van der Waals surface area contributed by atoms with Gasteiger partial charge < -0.3 is 19.7 Å². The maximum Gasteiger partial charge on any atom is 0.255 e. The number of carbonyl (C=O) groups is 2. The van der Waals surface area contributed by atoms with Crippen LogP contribution in [0.1, 0.15) is 33.9 Å². The molecule has 4 rings (SSSR count). The molecule has 1 aliphatic rings. The Bertz CT molecular complexity index is 1090. The normalized spacial score (nSPS) is 13.5. The molecular weight excluding hydrogens is 392 g/mol. The van der Waals surface area contributed by atoms with Crippen LogP contribution in [0, 0.1) is 0 Å². The predicted molar refractivity (Wildman–Crippen MR) is 118 cm³/mol. The van der Waals surface area contributed by atoms with Crippen molar-refractivity contribution in [2.75, 3.05) is 19.5 Å². The van der Waals surface area contributed by atoms with Gasteiger partial charge in [0.25, 0.3) is 5.91 Å². The van der Waals surface area contributed by atoms with E-state index < -0.39 is 6.04 Å². The molecule has 31 heavy (non-hydrogen) atoms. The zero-order valence-electron chi connectivity index (χ0n) is 17.5. The minimum absolute atomic E-state index is 0.0643. The van der Waals surface area contributed by atoms with Crippen LogP contribution in [0.2, 0.25) is 0 Å². The molecule has 1 unspecified atom stereocenters. The van der Waals surface area contributed by atoms with E-state index in [1.807, 2.05) is 60.7 Å². The third-order valence-electron chi connectivity index (χ3n) is 5.46. The van der Waals surface area contributed by atoms with Crippen LogP contribution in [0.4, 0.5) is 5.69 Å². The maximum atomic E-state index is 13.1. The molecule has 0 fully saturated rings. The summed E-state index contributed by atoms with van der Waals surface area (Å²) in [5, 5.41) is 2.92. The van der Waals surface area contributed by atoms with Crippen LogP contribution in [0.25, 0.3) is 0 Å². The van der Waals surface area contributed by atoms with E-state index in [-0.39, 0.29) is 18.2 Å². The molecule has 1 aliphatic heterocycles. The summed E-state index contributed by atoms with van der Waals surface area (Å²) in [5.41, 5.74) is 3.19. The van der Waals surface area contributed by atoms with E-state index in [0.29, 0.717) is 23.5 Å². The summed E-state index contributed by atoms with van der Waals surface area (Å²) in [7, 11) is 3.19. The van der Waals surface area contributed by atoms with Crippen molar-refractivity contribution >= 4 is 17.5 Å². The lowest BCUT2D eigenvalue weighted by Crippen LogP contribution is -2.32. The molecule has 0 aliphatic carbocycles. The van der Waals surface area contributed by atoms with Gasteiger partial charge in [0.15, 0.2) is 0 Å². The maximum absolute atomic E-state index is 13.1. The summed E-state index contributed by atoms with van der Waals surface area (Å²) in [6.07, 6.45) is 0.128. The van der Waals surface area contributed by atoms with Crippen LogP contribution < -0.4 is 14.8 Å². The lowest BCUT2D eigenvalue weighted by Gasteiger charge is -2.28. The van der Waals surface area contributed by atoms with Crippen molar-refractivity contribution in [1.82, 2.24) is 4.90 Å². The average molecular weight is 416 g/mol. The second kappa shape index (κ2) is 8.92. The summed E-state index contributed by atoms with van der Waals surface area (Å²) in [6.45, 7) is 0.470. The topological polar surface area (TPSA) is 67.9 Å². The molecule has 1 heterocycles. The van der Waals surface area contributed by atoms with Gasteiger partial charge in [0.05, 0.1) is 26.7 Å². The number of benzene rings is 3. The molecule has 0 saturated carbocycles. The summed E-state index contributed by atoms with van der Waals surface area (Å²) < 4.78 is 10.5. The van der Waals surface area contributed by atoms with Crippen molar-refractivity contribution in [3.05, 3.63) is 89.5 Å². The van der Waals surface area contributed by atoms with Gasteiger partial charge in [-0.15, -0.1) is 0 Å². The first-order chi connectivity index (χ1) is 15.1. The highest BCUT2D eigenvalue weighted by Gasteiger charge is 2.34. The standard InChI is InChI=1S/C25H24N2O4/c1-30-20-12-10-17(11-13-20)23(27-16-18-6-3-4-9-22(18)25(27)29)15-24(28)26-19-7-5-8-21(14-19)31-2/h3-14,23H,15-16H2,1-2H3,(H,26,28). The largest absolute Gasteiger partial charge is 0.497 e. The van der Waals surface area contributed by atoms with Gasteiger partial charge in [-0.25, -0.2) is 0 Å². The average Bonchev–Trinajstić information content (AvgIpc) is 3.14. The fraction of sp³-hybridized carbons (Fsp3) is 0.200. The number of nitrogens with one attached hydrogen (secondary N) is 1. The fourth-order valence-electron chi connectivity index (χ4n) is 3.85. The van der Waals surface area contributed by atoms with E-state index in [4.69, 9.17) is 9.47 Å². The first-order valence-electron chi connectivity index (χ1n) is 10.1. The smallest absolute Gasteiger partial charge is 0.255 e. The molecule has 3 aromatic carbocycles. The monoisotopic (exact) mass is 416 g/mol. The summed E-state index contributed by atoms with van der Waals surface area (Å²) in [6, 6.07) is 21.8. The second-order valence-electron chi connectivity index (χ2n) is 7.36. The van der Waals surface area contributed by atoms with Crippen molar-refractivity contribution < 1.29 is 19.1 Å². The molecule has 6 heteroatoms. The Labute approximate surface area is 181 Å². The Balaban J connectivity index is 1.59. The van der Waals surface area contributed by atoms with Crippen molar-refractivity contribution in [3.63, 3.8) is 0 Å². The van der Waals surface area contributed by atoms with Gasteiger partial charge in [0, 0.05) is 23.9 Å². The summed E-state index contributed by atoms with van der Waals surface area (Å²) >= 11 is 0. The molecule has 1 atom stereocenters. The molecule has 0 spiro atoms. The Morgan fingerprint density at radius 2 is 1.71 bits per heavy atom.